The first-order valence-corrected chi connectivity index (χ1v) is 35.9. The van der Waals surface area contributed by atoms with Crippen molar-refractivity contribution in [2.45, 2.75) is 54.9 Å². The summed E-state index contributed by atoms with van der Waals surface area (Å²) in [6, 6.07) is 89.7. The number of halogens is 2. The predicted octanol–water partition coefficient (Wildman–Crippen LogP) is 24.7. The highest BCUT2D eigenvalue weighted by molar-refractivity contribution is 9.11. The Bertz CT molecular complexity index is 4490. The van der Waals surface area contributed by atoms with Crippen LogP contribution in [0.3, 0.4) is 0 Å². The molecule has 0 fully saturated rings. The monoisotopic (exact) mass is 1440 g/mol. The van der Waals surface area contributed by atoms with Crippen LogP contribution in [-0.4, -0.2) is 43.6 Å². The summed E-state index contributed by atoms with van der Waals surface area (Å²) >= 11 is 12.4. The Morgan fingerprint density at radius 3 is 1.09 bits per heavy atom. The summed E-state index contributed by atoms with van der Waals surface area (Å²) in [7, 11) is 3.58. The van der Waals surface area contributed by atoms with Gasteiger partial charge in [0.05, 0.1) is 21.3 Å². The van der Waals surface area contributed by atoms with Crippen LogP contribution in [0.4, 0.5) is 0 Å². The molecule has 3 aromatic heterocycles. The van der Waals surface area contributed by atoms with E-state index in [2.05, 4.69) is 207 Å². The Morgan fingerprint density at radius 1 is 0.358 bits per heavy atom. The highest BCUT2D eigenvalue weighted by atomic mass is 79.9. The average molecular weight is 1440 g/mol. The Balaban J connectivity index is 0.000000168. The van der Waals surface area contributed by atoms with Crippen LogP contribution in [0.2, 0.25) is 0 Å². The summed E-state index contributed by atoms with van der Waals surface area (Å²) in [6.07, 6.45) is 1.05. The predicted molar refractivity (Wildman–Crippen MR) is 421 cm³/mol. The zero-order chi connectivity index (χ0) is 68.1. The van der Waals surface area contributed by atoms with Gasteiger partial charge in [-0.3, -0.25) is 0 Å². The molecule has 14 rings (SSSR count). The zero-order valence-electron chi connectivity index (χ0n) is 55.4. The first-order valence-electron chi connectivity index (χ1n) is 31.7. The van der Waals surface area contributed by atoms with Gasteiger partial charge in [-0.05, 0) is 168 Å². The van der Waals surface area contributed by atoms with Crippen molar-refractivity contribution in [3.63, 3.8) is 0 Å². The normalized spacial score (nSPS) is 10.1. The fourth-order valence-corrected chi connectivity index (χ4v) is 14.0. The molecule has 6 nitrogen and oxygen atoms in total. The Labute approximate surface area is 590 Å². The van der Waals surface area contributed by atoms with E-state index >= 15 is 0 Å². The second-order valence-electron chi connectivity index (χ2n) is 20.4. The van der Waals surface area contributed by atoms with Crippen molar-refractivity contribution in [3.8, 4) is 89.8 Å². The van der Waals surface area contributed by atoms with Crippen LogP contribution in [-0.2, 0) is 6.42 Å². The number of aromatic hydroxyl groups is 1. The number of rotatable bonds is 11. The van der Waals surface area contributed by atoms with Gasteiger partial charge < -0.3 is 29.4 Å². The fourth-order valence-electron chi connectivity index (χ4n) is 9.97. The minimum Gasteiger partial charge on any atom is -0.508 e. The molecule has 95 heavy (non-hydrogen) atoms. The molecule has 0 spiro atoms. The van der Waals surface area contributed by atoms with Gasteiger partial charge in [0.2, 0.25) is 0 Å². The van der Waals surface area contributed by atoms with Gasteiger partial charge in [-0.15, -0.1) is 34.0 Å². The number of aryl methyl sites for hydroxylation is 1. The minimum atomic E-state index is -1.42. The maximum atomic E-state index is 9.43. The third kappa shape index (κ3) is 20.5. The first kappa shape index (κ1) is 73.8. The van der Waals surface area contributed by atoms with E-state index in [0.717, 1.165) is 50.4 Å². The quantitative estimate of drug-likeness (QED) is 0.112. The van der Waals surface area contributed by atoms with Crippen molar-refractivity contribution in [1.29, 1.82) is 0 Å². The van der Waals surface area contributed by atoms with Crippen molar-refractivity contribution in [2.24, 2.45) is 0 Å². The van der Waals surface area contributed by atoms with Gasteiger partial charge in [0.15, 0.2) is 0 Å². The molecular formula is C83H81BBr2O6S3. The summed E-state index contributed by atoms with van der Waals surface area (Å²) in [4.78, 5) is 1.44. The van der Waals surface area contributed by atoms with Gasteiger partial charge in [-0.1, -0.05) is 252 Å². The lowest BCUT2D eigenvalue weighted by molar-refractivity contribution is 0.415. The maximum Gasteiger partial charge on any atom is 0.488 e. The molecule has 12 heteroatoms. The van der Waals surface area contributed by atoms with Crippen molar-refractivity contribution >= 4 is 109 Å². The van der Waals surface area contributed by atoms with Crippen molar-refractivity contribution in [3.05, 3.63) is 292 Å². The summed E-state index contributed by atoms with van der Waals surface area (Å²) in [5, 5.41) is 35.8. The van der Waals surface area contributed by atoms with Crippen LogP contribution in [0.5, 0.6) is 23.0 Å². The van der Waals surface area contributed by atoms with Gasteiger partial charge in [-0.25, -0.2) is 0 Å². The van der Waals surface area contributed by atoms with E-state index in [9.17, 15) is 5.11 Å². The molecule has 14 aromatic rings. The highest BCUT2D eigenvalue weighted by Gasteiger charge is 2.14. The molecule has 3 N–H and O–H groups in total. The smallest absolute Gasteiger partial charge is 0.488 e. The van der Waals surface area contributed by atoms with Crippen molar-refractivity contribution in [2.75, 3.05) is 21.3 Å². The molecule has 0 aliphatic rings. The van der Waals surface area contributed by atoms with Gasteiger partial charge in [0.1, 0.15) is 23.0 Å². The van der Waals surface area contributed by atoms with E-state index < -0.39 is 7.12 Å². The molecule has 484 valence electrons. The maximum absolute atomic E-state index is 9.43. The molecule has 0 amide bonds. The molecule has 0 saturated heterocycles. The van der Waals surface area contributed by atoms with Crippen LogP contribution in [0, 0.1) is 0 Å². The first-order chi connectivity index (χ1) is 46.5. The number of hydrogen-bond donors (Lipinski definition) is 3. The number of methoxy groups -OCH3 is 3. The number of hydrogen-bond acceptors (Lipinski definition) is 9. The van der Waals surface area contributed by atoms with Crippen LogP contribution in [0.25, 0.3) is 97.0 Å². The second kappa shape index (κ2) is 38.7. The van der Waals surface area contributed by atoms with E-state index in [1.165, 1.54) is 84.1 Å². The van der Waals surface area contributed by atoms with E-state index in [1.807, 2.05) is 138 Å². The zero-order valence-corrected chi connectivity index (χ0v) is 61.0. The number of phenolic OH excluding ortho intramolecular Hbond substituents is 1. The molecule has 0 radical (unpaired) electrons. The topological polar surface area (TPSA) is 88.4 Å². The number of benzene rings is 11. The summed E-state index contributed by atoms with van der Waals surface area (Å²) in [5.74, 6) is 2.88. The van der Waals surface area contributed by atoms with Gasteiger partial charge >= 0.3 is 7.12 Å². The molecule has 0 aliphatic carbocycles. The molecule has 0 bridgehead atoms. The Hall–Kier alpha value is -8.56. The summed E-state index contributed by atoms with van der Waals surface area (Å²) < 4.78 is 21.8. The number of phenols is 1. The Kier molecular flexibility index (Phi) is 30.1. The van der Waals surface area contributed by atoms with E-state index in [4.69, 9.17) is 24.3 Å². The number of ether oxygens (including phenoxy) is 3. The molecule has 0 aliphatic heterocycles. The lowest BCUT2D eigenvalue weighted by atomic mass is 9.80. The molecule has 3 heterocycles. The van der Waals surface area contributed by atoms with E-state index in [-0.39, 0.29) is 0 Å². The highest BCUT2D eigenvalue weighted by Crippen LogP contribution is 2.40. The third-order valence-electron chi connectivity index (χ3n) is 14.8. The second-order valence-corrected chi connectivity index (χ2v) is 25.1. The van der Waals surface area contributed by atoms with Crippen LogP contribution >= 0.6 is 65.9 Å². The van der Waals surface area contributed by atoms with Crippen LogP contribution in [0.1, 0.15) is 53.3 Å². The summed E-state index contributed by atoms with van der Waals surface area (Å²) in [5.41, 5.74) is 14.9. The summed E-state index contributed by atoms with van der Waals surface area (Å²) in [6.45, 7) is 14.2. The minimum absolute atomic E-state index is 0.299. The fraction of sp³-hybridized carbons (Fsp3) is 0.133. The standard InChI is InChI=1S/C22H18OS.C21H16OS.C13H13BO3.C13H11BrO.C8H5BrS.3C2H6/c1-2-20-22(19-5-3-4-6-21(19)24-20)17-9-7-15(8-10-17)16-11-13-18(23)14-12-16;1-22-18-12-10-16(11-13-18)15-6-8-17(9-7-15)20-14-23-21-5-3-2-4-19(20)21;1-17-13-8-4-11(5-9-13)10-2-6-12(7-3-10)14(15)16;1-15-13-8-4-11(5-9-13)10-2-6-12(14)7-3-10;9-7-5-10-8-4-2-1-3-6(7)8;3*1-2/h3-14,23H,2H2,1H3;2-14H,1H3;2-9,15-16H,1H3;2-9H,1H3;1-5H;3*1-2H3. The lowest BCUT2D eigenvalue weighted by Gasteiger charge is -2.07. The Morgan fingerprint density at radius 2 is 0.684 bits per heavy atom. The number of thiophene rings is 3. The van der Waals surface area contributed by atoms with Crippen LogP contribution in [0.15, 0.2) is 287 Å². The van der Waals surface area contributed by atoms with Gasteiger partial charge in [0, 0.05) is 60.6 Å². The molecule has 0 unspecified atom stereocenters. The van der Waals surface area contributed by atoms with Crippen molar-refractivity contribution < 1.29 is 29.4 Å². The average Bonchev–Trinajstić information content (AvgIpc) is 1.67. The lowest BCUT2D eigenvalue weighted by Crippen LogP contribution is -2.29. The molecular weight excluding hydrogens is 1360 g/mol. The largest absolute Gasteiger partial charge is 0.508 e. The van der Waals surface area contributed by atoms with E-state index in [0.29, 0.717) is 11.2 Å². The molecule has 0 saturated carbocycles. The van der Waals surface area contributed by atoms with Crippen LogP contribution < -0.4 is 19.7 Å². The van der Waals surface area contributed by atoms with E-state index in [1.54, 1.807) is 68.3 Å². The van der Waals surface area contributed by atoms with Crippen molar-refractivity contribution in [1.82, 2.24) is 0 Å². The molecule has 11 aromatic carbocycles. The number of fused-ring (bicyclic) bond motifs is 3. The molecule has 0 atom stereocenters. The van der Waals surface area contributed by atoms with Gasteiger partial charge in [-0.2, -0.15) is 0 Å². The van der Waals surface area contributed by atoms with Gasteiger partial charge in [0.25, 0.3) is 0 Å². The third-order valence-corrected chi connectivity index (χ3v) is 19.5. The SMILES string of the molecule is Brc1csc2ccccc12.CC.CC.CC.CCc1sc2ccccc2c1-c1ccc(-c2ccc(O)cc2)cc1.COc1ccc(-c2ccc(-c3csc4ccccc34)cc2)cc1.COc1ccc(-c2ccc(B(O)O)cc2)cc1.COc1ccc(-c2ccc(Br)cc2)cc1.